The molecule has 1 amide bonds. The Morgan fingerprint density at radius 2 is 1.84 bits per heavy atom. The Bertz CT molecular complexity index is 799. The quantitative estimate of drug-likeness (QED) is 0.607. The van der Waals surface area contributed by atoms with E-state index in [1.807, 2.05) is 25.1 Å². The van der Waals surface area contributed by atoms with E-state index in [1.54, 1.807) is 10.6 Å². The fourth-order valence-corrected chi connectivity index (χ4v) is 3.37. The second-order valence-electron chi connectivity index (χ2n) is 7.12. The summed E-state index contributed by atoms with van der Waals surface area (Å²) in [5.41, 5.74) is 0.626. The van der Waals surface area contributed by atoms with Gasteiger partial charge in [0.2, 0.25) is 5.91 Å². The Morgan fingerprint density at radius 3 is 2.48 bits per heavy atom. The highest BCUT2D eigenvalue weighted by molar-refractivity contribution is 8.00. The van der Waals surface area contributed by atoms with E-state index in [0.717, 1.165) is 0 Å². The van der Waals surface area contributed by atoms with E-state index in [0.29, 0.717) is 41.0 Å². The van der Waals surface area contributed by atoms with Crippen LogP contribution in [0.25, 0.3) is 10.9 Å². The van der Waals surface area contributed by atoms with Crippen LogP contribution in [0, 0.1) is 11.8 Å². The number of hydrogen-bond donors (Lipinski definition) is 1. The van der Waals surface area contributed by atoms with E-state index >= 15 is 0 Å². The van der Waals surface area contributed by atoms with Crippen molar-refractivity contribution in [2.45, 2.75) is 51.6 Å². The van der Waals surface area contributed by atoms with Crippen LogP contribution in [0.5, 0.6) is 0 Å². The van der Waals surface area contributed by atoms with Crippen molar-refractivity contribution in [1.82, 2.24) is 14.9 Å². The standard InChI is InChI=1S/C19H27N3O2S/c1-12(2)10-20-17(23)14(5)25-19-21-16-9-7-6-8-15(16)18(24)22(19)11-13(3)4/h6-9,12-14H,10-11H2,1-5H3,(H,20,23)/t14-/m0/s1. The number of nitrogens with one attached hydrogen (secondary N) is 1. The lowest BCUT2D eigenvalue weighted by molar-refractivity contribution is -0.120. The van der Waals surface area contributed by atoms with Gasteiger partial charge < -0.3 is 5.32 Å². The molecule has 5 nitrogen and oxygen atoms in total. The summed E-state index contributed by atoms with van der Waals surface area (Å²) in [6.45, 7) is 11.3. The molecule has 1 aromatic carbocycles. The van der Waals surface area contributed by atoms with Gasteiger partial charge in [-0.25, -0.2) is 4.98 Å². The maximum Gasteiger partial charge on any atom is 0.262 e. The highest BCUT2D eigenvalue weighted by Crippen LogP contribution is 2.23. The minimum absolute atomic E-state index is 0.0304. The van der Waals surface area contributed by atoms with Crippen molar-refractivity contribution in [2.75, 3.05) is 6.54 Å². The minimum atomic E-state index is -0.315. The van der Waals surface area contributed by atoms with E-state index < -0.39 is 0 Å². The molecule has 1 aromatic heterocycles. The molecule has 0 aliphatic carbocycles. The number of rotatable bonds is 7. The highest BCUT2D eigenvalue weighted by Gasteiger charge is 2.19. The molecule has 0 radical (unpaired) electrons. The molecule has 0 bridgehead atoms. The van der Waals surface area contributed by atoms with Gasteiger partial charge in [-0.2, -0.15) is 0 Å². The zero-order chi connectivity index (χ0) is 18.6. The minimum Gasteiger partial charge on any atom is -0.355 e. The number of benzene rings is 1. The van der Waals surface area contributed by atoms with Gasteiger partial charge in [-0.15, -0.1) is 0 Å². The second-order valence-corrected chi connectivity index (χ2v) is 8.43. The topological polar surface area (TPSA) is 64.0 Å². The third kappa shape index (κ3) is 5.08. The van der Waals surface area contributed by atoms with Gasteiger partial charge in [-0.05, 0) is 30.9 Å². The maximum atomic E-state index is 12.9. The Morgan fingerprint density at radius 1 is 1.16 bits per heavy atom. The van der Waals surface area contributed by atoms with Crippen molar-refractivity contribution < 1.29 is 4.79 Å². The SMILES string of the molecule is CC(C)CNC(=O)[C@H](C)Sc1nc2ccccc2c(=O)n1CC(C)C. The summed E-state index contributed by atoms with van der Waals surface area (Å²) in [7, 11) is 0. The molecule has 0 fully saturated rings. The van der Waals surface area contributed by atoms with Crippen LogP contribution in [-0.2, 0) is 11.3 Å². The molecule has 0 spiro atoms. The van der Waals surface area contributed by atoms with Gasteiger partial charge in [-0.3, -0.25) is 14.2 Å². The molecule has 2 rings (SSSR count). The van der Waals surface area contributed by atoms with Gasteiger partial charge in [0.15, 0.2) is 5.16 Å². The molecule has 1 N–H and O–H groups in total. The number of carbonyl (C=O) groups excluding carboxylic acids is 1. The largest absolute Gasteiger partial charge is 0.355 e. The Kier molecular flexibility index (Phi) is 6.64. The molecule has 0 unspecified atom stereocenters. The van der Waals surface area contributed by atoms with Crippen molar-refractivity contribution >= 4 is 28.6 Å². The highest BCUT2D eigenvalue weighted by atomic mass is 32.2. The Labute approximate surface area is 153 Å². The van der Waals surface area contributed by atoms with Crippen LogP contribution in [0.3, 0.4) is 0 Å². The van der Waals surface area contributed by atoms with Crippen molar-refractivity contribution in [3.8, 4) is 0 Å². The smallest absolute Gasteiger partial charge is 0.262 e. The summed E-state index contributed by atoms with van der Waals surface area (Å²) in [6, 6.07) is 7.35. The number of thioether (sulfide) groups is 1. The third-order valence-corrected chi connectivity index (χ3v) is 4.80. The average Bonchev–Trinajstić information content (AvgIpc) is 2.55. The molecular formula is C19H27N3O2S. The van der Waals surface area contributed by atoms with Gasteiger partial charge in [0.1, 0.15) is 0 Å². The lowest BCUT2D eigenvalue weighted by Gasteiger charge is -2.18. The number of carbonyl (C=O) groups is 1. The predicted octanol–water partition coefficient (Wildman–Crippen LogP) is 3.31. The van der Waals surface area contributed by atoms with Crippen LogP contribution in [0.2, 0.25) is 0 Å². The van der Waals surface area contributed by atoms with Crippen molar-refractivity contribution in [1.29, 1.82) is 0 Å². The molecule has 2 aromatic rings. The van der Waals surface area contributed by atoms with Crippen molar-refractivity contribution in [3.63, 3.8) is 0 Å². The molecule has 0 saturated heterocycles. The van der Waals surface area contributed by atoms with E-state index in [-0.39, 0.29) is 16.7 Å². The maximum absolute atomic E-state index is 12.9. The summed E-state index contributed by atoms with van der Waals surface area (Å²) >= 11 is 1.34. The molecule has 0 saturated carbocycles. The Hall–Kier alpha value is -1.82. The lowest BCUT2D eigenvalue weighted by atomic mass is 10.2. The molecular weight excluding hydrogens is 334 g/mol. The first-order valence-corrected chi connectivity index (χ1v) is 9.61. The zero-order valence-electron chi connectivity index (χ0n) is 15.6. The number of amides is 1. The van der Waals surface area contributed by atoms with Crippen LogP contribution in [0.1, 0.15) is 34.6 Å². The number of hydrogen-bond acceptors (Lipinski definition) is 4. The normalized spacial score (nSPS) is 12.8. The van der Waals surface area contributed by atoms with Crippen LogP contribution in [-0.4, -0.2) is 27.3 Å². The summed E-state index contributed by atoms with van der Waals surface area (Å²) in [5, 5.41) is 3.84. The van der Waals surface area contributed by atoms with Gasteiger partial charge in [0, 0.05) is 13.1 Å². The zero-order valence-corrected chi connectivity index (χ0v) is 16.4. The summed E-state index contributed by atoms with van der Waals surface area (Å²) in [4.78, 5) is 29.8. The molecule has 1 atom stereocenters. The van der Waals surface area contributed by atoms with Crippen molar-refractivity contribution in [2.24, 2.45) is 11.8 Å². The van der Waals surface area contributed by atoms with Gasteiger partial charge >= 0.3 is 0 Å². The predicted molar refractivity (Wildman–Crippen MR) is 104 cm³/mol. The summed E-state index contributed by atoms with van der Waals surface area (Å²) < 4.78 is 1.70. The lowest BCUT2D eigenvalue weighted by Crippen LogP contribution is -2.34. The number of para-hydroxylation sites is 1. The fourth-order valence-electron chi connectivity index (χ4n) is 2.42. The van der Waals surface area contributed by atoms with Crippen molar-refractivity contribution in [3.05, 3.63) is 34.6 Å². The molecule has 136 valence electrons. The molecule has 0 aliphatic heterocycles. The van der Waals surface area contributed by atoms with Gasteiger partial charge in [-0.1, -0.05) is 51.6 Å². The number of nitrogens with zero attached hydrogens (tertiary/aromatic N) is 2. The fraction of sp³-hybridized carbons (Fsp3) is 0.526. The van der Waals surface area contributed by atoms with Crippen LogP contribution in [0.4, 0.5) is 0 Å². The number of fused-ring (bicyclic) bond motifs is 1. The van der Waals surface area contributed by atoms with E-state index in [1.165, 1.54) is 11.8 Å². The van der Waals surface area contributed by atoms with Gasteiger partial charge in [0.05, 0.1) is 16.2 Å². The van der Waals surface area contributed by atoms with E-state index in [2.05, 4.69) is 38.0 Å². The van der Waals surface area contributed by atoms with E-state index in [4.69, 9.17) is 0 Å². The van der Waals surface area contributed by atoms with Crippen LogP contribution < -0.4 is 10.9 Å². The molecule has 25 heavy (non-hydrogen) atoms. The van der Waals surface area contributed by atoms with Gasteiger partial charge in [0.25, 0.3) is 5.56 Å². The molecule has 1 heterocycles. The molecule has 6 heteroatoms. The number of aromatic nitrogens is 2. The monoisotopic (exact) mass is 361 g/mol. The van der Waals surface area contributed by atoms with E-state index in [9.17, 15) is 9.59 Å². The summed E-state index contributed by atoms with van der Waals surface area (Å²) in [6.07, 6.45) is 0. The summed E-state index contributed by atoms with van der Waals surface area (Å²) in [5.74, 6) is 0.682. The van der Waals surface area contributed by atoms with Crippen LogP contribution >= 0.6 is 11.8 Å². The first kappa shape index (κ1) is 19.5. The second kappa shape index (κ2) is 8.52. The first-order chi connectivity index (χ1) is 11.8. The first-order valence-electron chi connectivity index (χ1n) is 8.73. The average molecular weight is 362 g/mol. The molecule has 0 aliphatic rings. The Balaban J connectivity index is 2.35. The third-order valence-electron chi connectivity index (χ3n) is 3.71. The van der Waals surface area contributed by atoms with Crippen LogP contribution in [0.15, 0.2) is 34.2 Å².